The molecule has 0 saturated carbocycles. The van der Waals surface area contributed by atoms with Crippen LogP contribution in [0.3, 0.4) is 0 Å². The van der Waals surface area contributed by atoms with E-state index in [9.17, 15) is 9.59 Å². The van der Waals surface area contributed by atoms with E-state index < -0.39 is 0 Å². The van der Waals surface area contributed by atoms with Crippen molar-refractivity contribution >= 4 is 35.8 Å². The maximum Gasteiger partial charge on any atom is 0.151 e. The summed E-state index contributed by atoms with van der Waals surface area (Å²) in [5, 5.41) is 0.466. The molecule has 4 heteroatoms. The van der Waals surface area contributed by atoms with Gasteiger partial charge in [0.2, 0.25) is 0 Å². The molecule has 0 spiro atoms. The molecule has 12 heavy (non-hydrogen) atoms. The first kappa shape index (κ1) is 9.23. The number of hydrogen-bond acceptors (Lipinski definition) is 2. The van der Waals surface area contributed by atoms with Gasteiger partial charge in [-0.25, -0.2) is 0 Å². The Hall–Kier alpha value is -0.860. The maximum absolute atomic E-state index is 10.4. The number of carbonyl (C=O) groups is 2. The minimum Gasteiger partial charge on any atom is -0.298 e. The highest BCUT2D eigenvalue weighted by atomic mass is 35.5. The smallest absolute Gasteiger partial charge is 0.151 e. The molecule has 0 amide bonds. The fraction of sp³-hybridized carbons (Fsp3) is 0. The molecular formula is C8H4Cl2O2. The topological polar surface area (TPSA) is 34.1 Å². The predicted molar refractivity (Wildman–Crippen MR) is 47.2 cm³/mol. The number of rotatable bonds is 2. The van der Waals surface area contributed by atoms with Crippen molar-refractivity contribution < 1.29 is 9.59 Å². The standard InChI is InChI=1S/C8H4Cl2O2/c9-7-1-5(3-11)8(10)6(2-7)4-12/h1-4H. The highest BCUT2D eigenvalue weighted by Gasteiger charge is 2.06. The van der Waals surface area contributed by atoms with Crippen molar-refractivity contribution in [3.63, 3.8) is 0 Å². The Morgan fingerprint density at radius 3 is 1.75 bits per heavy atom. The number of benzene rings is 1. The van der Waals surface area contributed by atoms with E-state index in [2.05, 4.69) is 0 Å². The molecule has 0 atom stereocenters. The Balaban J connectivity index is 3.41. The summed E-state index contributed by atoms with van der Waals surface area (Å²) < 4.78 is 0. The van der Waals surface area contributed by atoms with Crippen LogP contribution in [0.4, 0.5) is 0 Å². The molecule has 0 N–H and O–H groups in total. The van der Waals surface area contributed by atoms with Gasteiger partial charge in [-0.05, 0) is 12.1 Å². The lowest BCUT2D eigenvalue weighted by atomic mass is 10.1. The van der Waals surface area contributed by atoms with Crippen LogP contribution in [0.15, 0.2) is 12.1 Å². The molecule has 2 nitrogen and oxygen atoms in total. The van der Waals surface area contributed by atoms with Crippen LogP contribution < -0.4 is 0 Å². The largest absolute Gasteiger partial charge is 0.298 e. The van der Waals surface area contributed by atoms with Gasteiger partial charge in [-0.2, -0.15) is 0 Å². The van der Waals surface area contributed by atoms with Crippen LogP contribution in [-0.2, 0) is 0 Å². The molecular weight excluding hydrogens is 199 g/mol. The second kappa shape index (κ2) is 3.70. The third kappa shape index (κ3) is 1.65. The summed E-state index contributed by atoms with van der Waals surface area (Å²) in [6.07, 6.45) is 1.11. The van der Waals surface area contributed by atoms with Gasteiger partial charge in [0.25, 0.3) is 0 Å². The fourth-order valence-electron chi connectivity index (χ4n) is 0.804. The first-order valence-electron chi connectivity index (χ1n) is 3.08. The Bertz CT molecular complexity index is 305. The van der Waals surface area contributed by atoms with Crippen LogP contribution in [0.25, 0.3) is 0 Å². The van der Waals surface area contributed by atoms with Gasteiger partial charge >= 0.3 is 0 Å². The molecule has 0 heterocycles. The first-order valence-corrected chi connectivity index (χ1v) is 3.84. The van der Waals surface area contributed by atoms with E-state index in [4.69, 9.17) is 23.2 Å². The van der Waals surface area contributed by atoms with Crippen molar-refractivity contribution in [3.05, 3.63) is 33.3 Å². The summed E-state index contributed by atoms with van der Waals surface area (Å²) in [6, 6.07) is 2.81. The van der Waals surface area contributed by atoms with E-state index in [1.54, 1.807) is 0 Å². The summed E-state index contributed by atoms with van der Waals surface area (Å²) in [7, 11) is 0. The van der Waals surface area contributed by atoms with E-state index in [0.717, 1.165) is 0 Å². The third-order valence-electron chi connectivity index (χ3n) is 1.35. The summed E-state index contributed by atoms with van der Waals surface area (Å²) >= 11 is 11.3. The molecule has 0 aliphatic rings. The molecule has 62 valence electrons. The zero-order valence-corrected chi connectivity index (χ0v) is 7.39. The number of halogens is 2. The van der Waals surface area contributed by atoms with Gasteiger partial charge in [-0.1, -0.05) is 23.2 Å². The zero-order chi connectivity index (χ0) is 9.14. The molecule has 0 aromatic heterocycles. The number of aldehydes is 2. The van der Waals surface area contributed by atoms with Crippen LogP contribution in [-0.4, -0.2) is 12.6 Å². The monoisotopic (exact) mass is 202 g/mol. The number of carbonyl (C=O) groups excluding carboxylic acids is 2. The minimum atomic E-state index is 0.143. The van der Waals surface area contributed by atoms with Gasteiger partial charge in [0.05, 0.1) is 5.02 Å². The highest BCUT2D eigenvalue weighted by Crippen LogP contribution is 2.23. The molecule has 0 bridgehead atoms. The van der Waals surface area contributed by atoms with Gasteiger partial charge in [-0.15, -0.1) is 0 Å². The van der Waals surface area contributed by atoms with Crippen LogP contribution >= 0.6 is 23.2 Å². The molecule has 1 aromatic rings. The Morgan fingerprint density at radius 1 is 1.00 bits per heavy atom. The lowest BCUT2D eigenvalue weighted by molar-refractivity contribution is 0.112. The second-order valence-electron chi connectivity index (χ2n) is 2.13. The highest BCUT2D eigenvalue weighted by molar-refractivity contribution is 6.37. The molecule has 0 aliphatic carbocycles. The summed E-state index contributed by atoms with van der Waals surface area (Å²) in [6.45, 7) is 0. The minimum absolute atomic E-state index is 0.143. The third-order valence-corrected chi connectivity index (χ3v) is 2.00. The van der Waals surface area contributed by atoms with Crippen LogP contribution in [0, 0.1) is 0 Å². The van der Waals surface area contributed by atoms with Gasteiger partial charge in [0.1, 0.15) is 0 Å². The summed E-state index contributed by atoms with van der Waals surface area (Å²) in [4.78, 5) is 20.8. The fourth-order valence-corrected chi connectivity index (χ4v) is 1.24. The van der Waals surface area contributed by atoms with E-state index in [-0.39, 0.29) is 16.1 Å². The molecule has 1 rings (SSSR count). The Morgan fingerprint density at radius 2 is 1.42 bits per heavy atom. The Kier molecular flexibility index (Phi) is 2.84. The predicted octanol–water partition coefficient (Wildman–Crippen LogP) is 2.62. The Labute approximate surface area is 79.1 Å². The van der Waals surface area contributed by atoms with E-state index in [0.29, 0.717) is 17.6 Å². The quantitative estimate of drug-likeness (QED) is 0.692. The van der Waals surface area contributed by atoms with Crippen LogP contribution in [0.1, 0.15) is 20.7 Å². The van der Waals surface area contributed by atoms with Crippen LogP contribution in [0.2, 0.25) is 10.0 Å². The first-order chi connectivity index (χ1) is 5.69. The normalized spacial score (nSPS) is 9.50. The molecule has 0 radical (unpaired) electrons. The molecule has 0 saturated heterocycles. The molecule has 0 unspecified atom stereocenters. The van der Waals surface area contributed by atoms with E-state index >= 15 is 0 Å². The molecule has 1 aromatic carbocycles. The summed E-state index contributed by atoms with van der Waals surface area (Å²) in [5.41, 5.74) is 0.456. The zero-order valence-electron chi connectivity index (χ0n) is 5.88. The maximum atomic E-state index is 10.4. The van der Waals surface area contributed by atoms with Crippen LogP contribution in [0.5, 0.6) is 0 Å². The number of hydrogen-bond donors (Lipinski definition) is 0. The van der Waals surface area contributed by atoms with Gasteiger partial charge < -0.3 is 0 Å². The average Bonchev–Trinajstić information content (AvgIpc) is 2.08. The SMILES string of the molecule is O=Cc1cc(Cl)cc(C=O)c1Cl. The van der Waals surface area contributed by atoms with Gasteiger partial charge in [0, 0.05) is 16.1 Å². The van der Waals surface area contributed by atoms with Crippen molar-refractivity contribution in [2.75, 3.05) is 0 Å². The lowest BCUT2D eigenvalue weighted by Crippen LogP contribution is -1.89. The van der Waals surface area contributed by atoms with Crippen molar-refractivity contribution in [2.45, 2.75) is 0 Å². The second-order valence-corrected chi connectivity index (χ2v) is 2.95. The summed E-state index contributed by atoms with van der Waals surface area (Å²) in [5.74, 6) is 0. The molecule has 0 aliphatic heterocycles. The average molecular weight is 203 g/mol. The van der Waals surface area contributed by atoms with E-state index in [1.165, 1.54) is 12.1 Å². The van der Waals surface area contributed by atoms with Crippen molar-refractivity contribution in [1.82, 2.24) is 0 Å². The van der Waals surface area contributed by atoms with Crippen molar-refractivity contribution in [1.29, 1.82) is 0 Å². The van der Waals surface area contributed by atoms with Crippen molar-refractivity contribution in [2.24, 2.45) is 0 Å². The van der Waals surface area contributed by atoms with Crippen molar-refractivity contribution in [3.8, 4) is 0 Å². The van der Waals surface area contributed by atoms with Gasteiger partial charge in [0.15, 0.2) is 12.6 Å². The van der Waals surface area contributed by atoms with Gasteiger partial charge in [-0.3, -0.25) is 9.59 Å². The molecule has 0 fully saturated rings. The van der Waals surface area contributed by atoms with E-state index in [1.807, 2.05) is 0 Å². The lowest BCUT2D eigenvalue weighted by Gasteiger charge is -1.99.